The zero-order valence-electron chi connectivity index (χ0n) is 10.6. The van der Waals surface area contributed by atoms with E-state index in [1.807, 2.05) is 0 Å². The molecule has 21 heavy (non-hydrogen) atoms. The Balaban J connectivity index is 2.27. The Morgan fingerprint density at radius 3 is 2.33 bits per heavy atom. The number of benzene rings is 2. The monoisotopic (exact) mass is 408 g/mol. The summed E-state index contributed by atoms with van der Waals surface area (Å²) in [4.78, 5) is -0.141. The Morgan fingerprint density at radius 2 is 1.76 bits per heavy atom. The van der Waals surface area contributed by atoms with Gasteiger partial charge >= 0.3 is 0 Å². The number of halogens is 3. The SMILES string of the molecule is Nc1cccc(CNS(=O)(=O)c2c(Cl)cc(Br)cc2Cl)c1. The highest BCUT2D eigenvalue weighted by molar-refractivity contribution is 9.10. The maximum atomic E-state index is 12.3. The fourth-order valence-electron chi connectivity index (χ4n) is 1.74. The molecule has 0 aromatic heterocycles. The molecule has 2 aromatic carbocycles. The van der Waals surface area contributed by atoms with Crippen LogP contribution in [0.25, 0.3) is 0 Å². The second-order valence-corrected chi connectivity index (χ2v) is 7.70. The van der Waals surface area contributed by atoms with Crippen molar-refractivity contribution in [2.24, 2.45) is 0 Å². The maximum absolute atomic E-state index is 12.3. The van der Waals surface area contributed by atoms with Gasteiger partial charge in [0.15, 0.2) is 0 Å². The zero-order chi connectivity index (χ0) is 15.6. The van der Waals surface area contributed by atoms with Gasteiger partial charge in [0.1, 0.15) is 4.90 Å². The Morgan fingerprint density at radius 1 is 1.14 bits per heavy atom. The van der Waals surface area contributed by atoms with Gasteiger partial charge in [-0.2, -0.15) is 0 Å². The van der Waals surface area contributed by atoms with Crippen LogP contribution in [0.4, 0.5) is 5.69 Å². The van der Waals surface area contributed by atoms with E-state index in [1.54, 1.807) is 24.3 Å². The molecule has 0 spiro atoms. The Labute approximate surface area is 141 Å². The van der Waals surface area contributed by atoms with Gasteiger partial charge in [-0.05, 0) is 29.8 Å². The molecule has 112 valence electrons. The van der Waals surface area contributed by atoms with Crippen molar-refractivity contribution >= 4 is 54.8 Å². The average molecular weight is 410 g/mol. The van der Waals surface area contributed by atoms with E-state index in [-0.39, 0.29) is 21.5 Å². The first-order valence-electron chi connectivity index (χ1n) is 5.78. The van der Waals surface area contributed by atoms with Crippen LogP contribution in [0.3, 0.4) is 0 Å². The molecule has 0 saturated carbocycles. The van der Waals surface area contributed by atoms with Gasteiger partial charge in [-0.3, -0.25) is 0 Å². The van der Waals surface area contributed by atoms with E-state index in [9.17, 15) is 8.42 Å². The van der Waals surface area contributed by atoms with E-state index in [1.165, 1.54) is 12.1 Å². The normalized spacial score (nSPS) is 11.6. The minimum absolute atomic E-state index is 0.0504. The number of hydrogen-bond donors (Lipinski definition) is 2. The third kappa shape index (κ3) is 4.11. The third-order valence-corrected chi connectivity index (χ3v) is 5.43. The van der Waals surface area contributed by atoms with E-state index in [4.69, 9.17) is 28.9 Å². The first-order valence-corrected chi connectivity index (χ1v) is 8.81. The molecule has 0 aliphatic carbocycles. The summed E-state index contributed by atoms with van der Waals surface area (Å²) < 4.78 is 27.7. The van der Waals surface area contributed by atoms with Gasteiger partial charge in [0.2, 0.25) is 10.0 Å². The molecule has 0 aliphatic rings. The van der Waals surface area contributed by atoms with E-state index < -0.39 is 10.0 Å². The number of sulfonamides is 1. The van der Waals surface area contributed by atoms with Gasteiger partial charge in [-0.25, -0.2) is 13.1 Å². The van der Waals surface area contributed by atoms with Crippen LogP contribution in [0.2, 0.25) is 10.0 Å². The van der Waals surface area contributed by atoms with Crippen molar-refractivity contribution in [3.05, 3.63) is 56.5 Å². The van der Waals surface area contributed by atoms with E-state index >= 15 is 0 Å². The molecule has 2 rings (SSSR count). The zero-order valence-corrected chi connectivity index (χ0v) is 14.5. The summed E-state index contributed by atoms with van der Waals surface area (Å²) in [7, 11) is -3.82. The lowest BCUT2D eigenvalue weighted by molar-refractivity contribution is 0.581. The Bertz CT molecular complexity index is 758. The van der Waals surface area contributed by atoms with Gasteiger partial charge in [-0.15, -0.1) is 0 Å². The van der Waals surface area contributed by atoms with Crippen LogP contribution < -0.4 is 10.5 Å². The summed E-state index contributed by atoms with van der Waals surface area (Å²) in [6, 6.07) is 9.88. The molecule has 0 amide bonds. The summed E-state index contributed by atoms with van der Waals surface area (Å²) in [6.07, 6.45) is 0. The van der Waals surface area contributed by atoms with Crippen molar-refractivity contribution in [1.29, 1.82) is 0 Å². The fourth-order valence-corrected chi connectivity index (χ4v) is 4.69. The molecule has 4 nitrogen and oxygen atoms in total. The molecule has 3 N–H and O–H groups in total. The second kappa shape index (κ2) is 6.54. The molecule has 0 fully saturated rings. The topological polar surface area (TPSA) is 72.2 Å². The van der Waals surface area contributed by atoms with Crippen molar-refractivity contribution in [2.75, 3.05) is 5.73 Å². The predicted molar refractivity (Wildman–Crippen MR) is 89.0 cm³/mol. The van der Waals surface area contributed by atoms with Gasteiger partial charge in [-0.1, -0.05) is 51.3 Å². The summed E-state index contributed by atoms with van der Waals surface area (Å²) in [5.74, 6) is 0. The second-order valence-electron chi connectivity index (χ2n) is 4.27. The number of nitrogens with two attached hydrogens (primary N) is 1. The predicted octanol–water partition coefficient (Wildman–Crippen LogP) is 3.82. The molecule has 0 heterocycles. The van der Waals surface area contributed by atoms with Crippen molar-refractivity contribution < 1.29 is 8.42 Å². The molecule has 8 heteroatoms. The van der Waals surface area contributed by atoms with Crippen LogP contribution >= 0.6 is 39.1 Å². The maximum Gasteiger partial charge on any atom is 0.243 e. The number of hydrogen-bond acceptors (Lipinski definition) is 3. The highest BCUT2D eigenvalue weighted by atomic mass is 79.9. The lowest BCUT2D eigenvalue weighted by Gasteiger charge is -2.11. The van der Waals surface area contributed by atoms with Crippen LogP contribution in [0, 0.1) is 0 Å². The van der Waals surface area contributed by atoms with Gasteiger partial charge < -0.3 is 5.73 Å². The minimum Gasteiger partial charge on any atom is -0.399 e. The number of nitrogens with one attached hydrogen (secondary N) is 1. The van der Waals surface area contributed by atoms with Crippen LogP contribution in [-0.4, -0.2) is 8.42 Å². The van der Waals surface area contributed by atoms with Gasteiger partial charge in [0.25, 0.3) is 0 Å². The highest BCUT2D eigenvalue weighted by Crippen LogP contribution is 2.32. The summed E-state index contributed by atoms with van der Waals surface area (Å²) in [6.45, 7) is 0.0933. The average Bonchev–Trinajstić information content (AvgIpc) is 2.35. The van der Waals surface area contributed by atoms with Crippen molar-refractivity contribution in [3.63, 3.8) is 0 Å². The molecule has 0 bridgehead atoms. The lowest BCUT2D eigenvalue weighted by atomic mass is 10.2. The Kier molecular flexibility index (Phi) is 5.16. The molecule has 2 aromatic rings. The minimum atomic E-state index is -3.82. The van der Waals surface area contributed by atoms with Crippen LogP contribution in [0.1, 0.15) is 5.56 Å². The largest absolute Gasteiger partial charge is 0.399 e. The lowest BCUT2D eigenvalue weighted by Crippen LogP contribution is -2.24. The van der Waals surface area contributed by atoms with E-state index in [0.29, 0.717) is 10.2 Å². The molecule has 0 aliphatic heterocycles. The van der Waals surface area contributed by atoms with Crippen LogP contribution in [0.5, 0.6) is 0 Å². The van der Waals surface area contributed by atoms with E-state index in [0.717, 1.165) is 5.56 Å². The number of nitrogen functional groups attached to an aromatic ring is 1. The van der Waals surface area contributed by atoms with Crippen LogP contribution in [-0.2, 0) is 16.6 Å². The van der Waals surface area contributed by atoms with Gasteiger partial charge in [0.05, 0.1) is 10.0 Å². The summed E-state index contributed by atoms with van der Waals surface area (Å²) in [5.41, 5.74) is 6.95. The summed E-state index contributed by atoms with van der Waals surface area (Å²) >= 11 is 15.1. The van der Waals surface area contributed by atoms with E-state index in [2.05, 4.69) is 20.7 Å². The number of rotatable bonds is 4. The fraction of sp³-hybridized carbons (Fsp3) is 0.0769. The smallest absolute Gasteiger partial charge is 0.243 e. The molecule has 0 radical (unpaired) electrons. The molecule has 0 saturated heterocycles. The summed E-state index contributed by atoms with van der Waals surface area (Å²) in [5, 5.41) is 0.101. The van der Waals surface area contributed by atoms with Crippen molar-refractivity contribution in [3.8, 4) is 0 Å². The molecular weight excluding hydrogens is 399 g/mol. The standard InChI is InChI=1S/C13H11BrCl2N2O2S/c14-9-5-11(15)13(12(16)6-9)21(19,20)18-7-8-2-1-3-10(17)4-8/h1-6,18H,7,17H2. The first kappa shape index (κ1) is 16.6. The van der Waals surface area contributed by atoms with Crippen LogP contribution in [0.15, 0.2) is 45.8 Å². The molecular formula is C13H11BrCl2N2O2S. The quantitative estimate of drug-likeness (QED) is 0.754. The van der Waals surface area contributed by atoms with Crippen molar-refractivity contribution in [2.45, 2.75) is 11.4 Å². The molecule has 0 atom stereocenters. The third-order valence-electron chi connectivity index (χ3n) is 2.65. The number of anilines is 1. The first-order chi connectivity index (χ1) is 9.79. The van der Waals surface area contributed by atoms with Crippen molar-refractivity contribution in [1.82, 2.24) is 4.72 Å². The van der Waals surface area contributed by atoms with Gasteiger partial charge in [0, 0.05) is 16.7 Å². The molecule has 0 unspecified atom stereocenters. The Hall–Kier alpha value is -0.790. The highest BCUT2D eigenvalue weighted by Gasteiger charge is 2.22.